The van der Waals surface area contributed by atoms with Gasteiger partial charge >= 0.3 is 0 Å². The highest BCUT2D eigenvalue weighted by Gasteiger charge is 2.30. The monoisotopic (exact) mass is 285 g/mol. The van der Waals surface area contributed by atoms with Crippen LogP contribution in [0.5, 0.6) is 0 Å². The third kappa shape index (κ3) is 3.68. The molecule has 3 nitrogen and oxygen atoms in total. The molecule has 102 valence electrons. The van der Waals surface area contributed by atoms with E-state index in [9.17, 15) is 0 Å². The second-order valence-electron chi connectivity index (χ2n) is 5.13. The molecule has 3 atom stereocenters. The lowest BCUT2D eigenvalue weighted by Gasteiger charge is -2.35. The molecule has 0 spiro atoms. The van der Waals surface area contributed by atoms with E-state index in [2.05, 4.69) is 28.6 Å². The van der Waals surface area contributed by atoms with Crippen molar-refractivity contribution in [3.8, 4) is 0 Å². The van der Waals surface area contributed by atoms with E-state index in [0.717, 1.165) is 16.1 Å². The lowest BCUT2D eigenvalue weighted by Crippen LogP contribution is -2.40. The first-order valence-electron chi connectivity index (χ1n) is 6.87. The van der Waals surface area contributed by atoms with Crippen LogP contribution in [0.25, 0.3) is 0 Å². The van der Waals surface area contributed by atoms with Crippen molar-refractivity contribution in [2.75, 3.05) is 7.05 Å². The summed E-state index contributed by atoms with van der Waals surface area (Å²) in [7, 11) is 2.09. The molecule has 1 heterocycles. The predicted molar refractivity (Wildman–Crippen MR) is 79.4 cm³/mol. The van der Waals surface area contributed by atoms with E-state index in [4.69, 9.17) is 0 Å². The molecule has 1 aliphatic rings. The van der Waals surface area contributed by atoms with Crippen molar-refractivity contribution in [3.05, 3.63) is 5.82 Å². The minimum atomic E-state index is 0.632. The van der Waals surface area contributed by atoms with E-state index >= 15 is 0 Å². The molecule has 0 aromatic carbocycles. The average Bonchev–Trinajstić information content (AvgIpc) is 2.76. The summed E-state index contributed by atoms with van der Waals surface area (Å²) in [4.78, 5) is 4.49. The highest BCUT2D eigenvalue weighted by molar-refractivity contribution is 8.01. The molecule has 3 unspecified atom stereocenters. The van der Waals surface area contributed by atoms with Crippen molar-refractivity contribution in [1.29, 1.82) is 0 Å². The lowest BCUT2D eigenvalue weighted by atomic mass is 9.83. The fourth-order valence-corrected chi connectivity index (χ4v) is 5.13. The Bertz CT molecular complexity index is 367. The normalized spacial score (nSPS) is 28.5. The summed E-state index contributed by atoms with van der Waals surface area (Å²) in [6.07, 6.45) is 6.69. The van der Waals surface area contributed by atoms with Gasteiger partial charge in [-0.3, -0.25) is 0 Å². The van der Waals surface area contributed by atoms with Crippen LogP contribution < -0.4 is 5.32 Å². The van der Waals surface area contributed by atoms with E-state index < -0.39 is 0 Å². The van der Waals surface area contributed by atoms with Crippen molar-refractivity contribution >= 4 is 23.3 Å². The summed E-state index contributed by atoms with van der Waals surface area (Å²) in [5, 5.41) is 4.14. The topological polar surface area (TPSA) is 37.8 Å². The van der Waals surface area contributed by atoms with Gasteiger partial charge in [0.1, 0.15) is 5.82 Å². The maximum Gasteiger partial charge on any atom is 0.170 e. The van der Waals surface area contributed by atoms with Gasteiger partial charge in [0.05, 0.1) is 0 Å². The predicted octanol–water partition coefficient (Wildman–Crippen LogP) is 3.50. The quantitative estimate of drug-likeness (QED) is 0.898. The third-order valence-corrected chi connectivity index (χ3v) is 5.96. The van der Waals surface area contributed by atoms with Crippen LogP contribution in [-0.2, 0) is 0 Å². The zero-order valence-electron chi connectivity index (χ0n) is 11.5. The molecule has 0 saturated heterocycles. The zero-order valence-corrected chi connectivity index (χ0v) is 13.1. The first-order chi connectivity index (χ1) is 8.72. The van der Waals surface area contributed by atoms with Crippen molar-refractivity contribution in [2.24, 2.45) is 5.92 Å². The average molecular weight is 285 g/mol. The Morgan fingerprint density at radius 2 is 2.28 bits per heavy atom. The molecule has 0 amide bonds. The van der Waals surface area contributed by atoms with Gasteiger partial charge in [0.25, 0.3) is 0 Å². The van der Waals surface area contributed by atoms with Gasteiger partial charge in [-0.15, -0.1) is 0 Å². The molecular formula is C13H23N3S2. The SMILES string of the molecule is CCCC1CCC(NC)C(Sc2nc(C)ns2)C1. The van der Waals surface area contributed by atoms with Crippen LogP contribution in [0.3, 0.4) is 0 Å². The first-order valence-corrected chi connectivity index (χ1v) is 8.52. The highest BCUT2D eigenvalue weighted by atomic mass is 32.2. The summed E-state index contributed by atoms with van der Waals surface area (Å²) < 4.78 is 5.41. The van der Waals surface area contributed by atoms with E-state index in [1.807, 2.05) is 18.7 Å². The summed E-state index contributed by atoms with van der Waals surface area (Å²) in [5.41, 5.74) is 0. The van der Waals surface area contributed by atoms with Crippen LogP contribution in [0.2, 0.25) is 0 Å². The van der Waals surface area contributed by atoms with Crippen LogP contribution >= 0.6 is 23.3 Å². The largest absolute Gasteiger partial charge is 0.316 e. The molecule has 1 fully saturated rings. The highest BCUT2D eigenvalue weighted by Crippen LogP contribution is 2.38. The van der Waals surface area contributed by atoms with Crippen LogP contribution in [-0.4, -0.2) is 27.7 Å². The number of hydrogen-bond acceptors (Lipinski definition) is 5. The molecule has 1 saturated carbocycles. The number of hydrogen-bond donors (Lipinski definition) is 1. The minimum Gasteiger partial charge on any atom is -0.316 e. The van der Waals surface area contributed by atoms with Crippen LogP contribution in [0.1, 0.15) is 44.9 Å². The zero-order chi connectivity index (χ0) is 13.0. The smallest absolute Gasteiger partial charge is 0.170 e. The Kier molecular flexibility index (Phi) is 5.45. The molecule has 1 aliphatic carbocycles. The molecule has 1 aromatic heterocycles. The van der Waals surface area contributed by atoms with Gasteiger partial charge in [0.15, 0.2) is 4.34 Å². The van der Waals surface area contributed by atoms with E-state index in [-0.39, 0.29) is 0 Å². The molecule has 0 bridgehead atoms. The lowest BCUT2D eigenvalue weighted by molar-refractivity contribution is 0.295. The summed E-state index contributed by atoms with van der Waals surface area (Å²) in [5.74, 6) is 1.82. The second-order valence-corrected chi connectivity index (χ2v) is 7.36. The van der Waals surface area contributed by atoms with Gasteiger partial charge in [-0.1, -0.05) is 31.5 Å². The second kappa shape index (κ2) is 6.87. The molecule has 1 N–H and O–H groups in total. The number of nitrogens with zero attached hydrogens (tertiary/aromatic N) is 2. The van der Waals surface area contributed by atoms with E-state index in [1.54, 1.807) is 11.5 Å². The van der Waals surface area contributed by atoms with Crippen LogP contribution in [0.15, 0.2) is 4.34 Å². The Hall–Kier alpha value is -0.130. The summed E-state index contributed by atoms with van der Waals surface area (Å²) >= 11 is 3.47. The number of nitrogens with one attached hydrogen (secondary N) is 1. The van der Waals surface area contributed by atoms with Crippen LogP contribution in [0.4, 0.5) is 0 Å². The number of thioether (sulfide) groups is 1. The third-order valence-electron chi connectivity index (χ3n) is 3.73. The molecular weight excluding hydrogens is 262 g/mol. The van der Waals surface area contributed by atoms with Crippen molar-refractivity contribution in [1.82, 2.24) is 14.7 Å². The Labute approximate surface area is 118 Å². The van der Waals surface area contributed by atoms with Crippen molar-refractivity contribution < 1.29 is 0 Å². The Balaban J connectivity index is 1.97. The standard InChI is InChI=1S/C13H23N3S2/c1-4-5-10-6-7-11(14-3)12(8-10)17-13-15-9(2)16-18-13/h10-12,14H,4-8H2,1-3H3. The van der Waals surface area contributed by atoms with Gasteiger partial charge in [-0.25, -0.2) is 4.98 Å². The van der Waals surface area contributed by atoms with Gasteiger partial charge in [0.2, 0.25) is 0 Å². The van der Waals surface area contributed by atoms with Gasteiger partial charge < -0.3 is 5.32 Å². The molecule has 18 heavy (non-hydrogen) atoms. The molecule has 1 aromatic rings. The van der Waals surface area contributed by atoms with Gasteiger partial charge in [-0.05, 0) is 50.7 Å². The molecule has 2 rings (SSSR count). The molecule has 5 heteroatoms. The van der Waals surface area contributed by atoms with Crippen LogP contribution in [0, 0.1) is 12.8 Å². The maximum atomic E-state index is 4.49. The van der Waals surface area contributed by atoms with Gasteiger partial charge in [-0.2, -0.15) is 4.37 Å². The summed E-state index contributed by atoms with van der Waals surface area (Å²) in [6, 6.07) is 0.632. The Morgan fingerprint density at radius 3 is 2.89 bits per heavy atom. The molecule has 0 radical (unpaired) electrons. The summed E-state index contributed by atoms with van der Waals surface area (Å²) in [6.45, 7) is 4.26. The number of rotatable bonds is 5. The van der Waals surface area contributed by atoms with E-state index in [0.29, 0.717) is 11.3 Å². The minimum absolute atomic E-state index is 0.632. The maximum absolute atomic E-state index is 4.49. The Morgan fingerprint density at radius 1 is 1.44 bits per heavy atom. The van der Waals surface area contributed by atoms with Crippen molar-refractivity contribution in [2.45, 2.75) is 61.6 Å². The van der Waals surface area contributed by atoms with Crippen molar-refractivity contribution in [3.63, 3.8) is 0 Å². The molecule has 0 aliphatic heterocycles. The fourth-order valence-electron chi connectivity index (χ4n) is 2.80. The van der Waals surface area contributed by atoms with Gasteiger partial charge in [0, 0.05) is 11.3 Å². The fraction of sp³-hybridized carbons (Fsp3) is 0.846. The number of aromatic nitrogens is 2. The number of aryl methyl sites for hydroxylation is 1. The van der Waals surface area contributed by atoms with E-state index in [1.165, 1.54) is 32.1 Å². The first kappa shape index (κ1) is 14.3.